The highest BCUT2D eigenvalue weighted by Crippen LogP contribution is 2.39. The van der Waals surface area contributed by atoms with E-state index < -0.39 is 5.91 Å². The van der Waals surface area contributed by atoms with Crippen LogP contribution in [0.25, 0.3) is 11.1 Å². The van der Waals surface area contributed by atoms with Gasteiger partial charge in [0.2, 0.25) is 0 Å². The number of ether oxygens (including phenoxy) is 3. The molecule has 8 heteroatoms. The molecule has 3 aromatic rings. The number of fused-ring (bicyclic) bond motifs is 1. The van der Waals surface area contributed by atoms with Crippen LogP contribution in [0.4, 0.5) is 0 Å². The van der Waals surface area contributed by atoms with Crippen LogP contribution in [0.15, 0.2) is 42.5 Å². The molecule has 2 N–H and O–H groups in total. The zero-order valence-corrected chi connectivity index (χ0v) is 19.3. The van der Waals surface area contributed by atoms with Crippen molar-refractivity contribution in [3.8, 4) is 22.6 Å². The van der Waals surface area contributed by atoms with E-state index in [0.29, 0.717) is 59.5 Å². The Labute approximate surface area is 197 Å². The third-order valence-corrected chi connectivity index (χ3v) is 5.97. The van der Waals surface area contributed by atoms with E-state index in [0.717, 1.165) is 16.8 Å². The van der Waals surface area contributed by atoms with Gasteiger partial charge in [0.25, 0.3) is 5.91 Å². The molecule has 0 unspecified atom stereocenters. The normalized spacial score (nSPS) is 12.5. The average molecular weight is 469 g/mol. The molecular weight excluding hydrogens is 444 g/mol. The first-order valence-corrected chi connectivity index (χ1v) is 11.0. The molecule has 0 atom stereocenters. The molecular formula is C25H25ClN2O5. The van der Waals surface area contributed by atoms with Crippen molar-refractivity contribution in [1.29, 1.82) is 0 Å². The lowest BCUT2D eigenvalue weighted by molar-refractivity contribution is -0.140. The van der Waals surface area contributed by atoms with Crippen LogP contribution in [0.2, 0.25) is 5.02 Å². The van der Waals surface area contributed by atoms with E-state index in [1.807, 2.05) is 47.9 Å². The van der Waals surface area contributed by atoms with Gasteiger partial charge in [0.05, 0.1) is 19.1 Å². The lowest BCUT2D eigenvalue weighted by Crippen LogP contribution is -2.15. The molecule has 0 saturated heterocycles. The van der Waals surface area contributed by atoms with Gasteiger partial charge in [-0.25, -0.2) is 0 Å². The fourth-order valence-electron chi connectivity index (χ4n) is 4.22. The van der Waals surface area contributed by atoms with Crippen molar-refractivity contribution in [2.45, 2.75) is 26.3 Å². The van der Waals surface area contributed by atoms with E-state index in [1.165, 1.54) is 7.11 Å². The molecule has 0 spiro atoms. The molecule has 1 aliphatic rings. The van der Waals surface area contributed by atoms with Crippen LogP contribution in [0.3, 0.4) is 0 Å². The first-order valence-electron chi connectivity index (χ1n) is 10.6. The van der Waals surface area contributed by atoms with Crippen molar-refractivity contribution >= 4 is 23.5 Å². The van der Waals surface area contributed by atoms with E-state index in [4.69, 9.17) is 31.5 Å². The zero-order valence-electron chi connectivity index (χ0n) is 18.5. The van der Waals surface area contributed by atoms with Gasteiger partial charge < -0.3 is 24.5 Å². The molecule has 0 radical (unpaired) electrons. The molecule has 0 bridgehead atoms. The van der Waals surface area contributed by atoms with Crippen LogP contribution in [-0.2, 0) is 22.5 Å². The SMILES string of the molecule is COC(=O)CCc1c(-c2ccc3c(c2)OCCO3)c(C(N)=O)c(C)n1Cc1cccc(Cl)c1. The molecule has 1 aliphatic heterocycles. The topological polar surface area (TPSA) is 92.8 Å². The van der Waals surface area contributed by atoms with Crippen LogP contribution in [0, 0.1) is 6.92 Å². The molecule has 2 aromatic carbocycles. The zero-order chi connectivity index (χ0) is 23.5. The Morgan fingerprint density at radius 2 is 1.88 bits per heavy atom. The molecule has 0 saturated carbocycles. The molecule has 4 rings (SSSR count). The van der Waals surface area contributed by atoms with Crippen molar-refractivity contribution in [2.75, 3.05) is 20.3 Å². The fourth-order valence-corrected chi connectivity index (χ4v) is 4.44. The van der Waals surface area contributed by atoms with Gasteiger partial charge in [0, 0.05) is 28.5 Å². The Balaban J connectivity index is 1.89. The minimum atomic E-state index is -0.540. The van der Waals surface area contributed by atoms with Crippen molar-refractivity contribution in [2.24, 2.45) is 5.73 Å². The van der Waals surface area contributed by atoms with Gasteiger partial charge in [-0.3, -0.25) is 9.59 Å². The van der Waals surface area contributed by atoms with Gasteiger partial charge in [0.1, 0.15) is 13.2 Å². The summed E-state index contributed by atoms with van der Waals surface area (Å²) in [6.07, 6.45) is 0.524. The van der Waals surface area contributed by atoms with Crippen LogP contribution in [0.1, 0.15) is 33.7 Å². The van der Waals surface area contributed by atoms with E-state index >= 15 is 0 Å². The maximum absolute atomic E-state index is 12.6. The average Bonchev–Trinajstić information content (AvgIpc) is 3.08. The Bertz CT molecular complexity index is 1220. The third-order valence-electron chi connectivity index (χ3n) is 5.73. The van der Waals surface area contributed by atoms with E-state index in [2.05, 4.69) is 0 Å². The van der Waals surface area contributed by atoms with Crippen molar-refractivity contribution < 1.29 is 23.8 Å². The van der Waals surface area contributed by atoms with Gasteiger partial charge >= 0.3 is 5.97 Å². The smallest absolute Gasteiger partial charge is 0.305 e. The van der Waals surface area contributed by atoms with Crippen LogP contribution < -0.4 is 15.2 Å². The Morgan fingerprint density at radius 1 is 1.12 bits per heavy atom. The predicted molar refractivity (Wildman–Crippen MR) is 125 cm³/mol. The van der Waals surface area contributed by atoms with Gasteiger partial charge in [-0.05, 0) is 48.7 Å². The number of carbonyl (C=O) groups excluding carboxylic acids is 2. The van der Waals surface area contributed by atoms with Crippen LogP contribution >= 0.6 is 11.6 Å². The summed E-state index contributed by atoms with van der Waals surface area (Å²) in [5.41, 5.74) is 10.2. The molecule has 1 aromatic heterocycles. The number of nitrogens with two attached hydrogens (primary N) is 1. The Hall–Kier alpha value is -3.45. The highest BCUT2D eigenvalue weighted by molar-refractivity contribution is 6.30. The van der Waals surface area contributed by atoms with Crippen molar-refractivity contribution in [3.63, 3.8) is 0 Å². The van der Waals surface area contributed by atoms with Crippen LogP contribution in [-0.4, -0.2) is 36.8 Å². The van der Waals surface area contributed by atoms with E-state index in [-0.39, 0.29) is 12.4 Å². The lowest BCUT2D eigenvalue weighted by Gasteiger charge is -2.19. The molecule has 33 heavy (non-hydrogen) atoms. The highest BCUT2D eigenvalue weighted by Gasteiger charge is 2.26. The summed E-state index contributed by atoms with van der Waals surface area (Å²) in [5.74, 6) is 0.378. The number of halogens is 1. The van der Waals surface area contributed by atoms with E-state index in [1.54, 1.807) is 6.07 Å². The van der Waals surface area contributed by atoms with Gasteiger partial charge in [-0.15, -0.1) is 0 Å². The molecule has 172 valence electrons. The van der Waals surface area contributed by atoms with Gasteiger partial charge in [-0.1, -0.05) is 29.8 Å². The number of aromatic nitrogens is 1. The summed E-state index contributed by atoms with van der Waals surface area (Å²) in [7, 11) is 1.36. The maximum Gasteiger partial charge on any atom is 0.305 e. The number of amides is 1. The lowest BCUT2D eigenvalue weighted by atomic mass is 9.97. The van der Waals surface area contributed by atoms with Crippen LogP contribution in [0.5, 0.6) is 11.5 Å². The summed E-state index contributed by atoms with van der Waals surface area (Å²) < 4.78 is 18.3. The highest BCUT2D eigenvalue weighted by atomic mass is 35.5. The monoisotopic (exact) mass is 468 g/mol. The number of benzene rings is 2. The number of hydrogen-bond acceptors (Lipinski definition) is 5. The second-order valence-corrected chi connectivity index (χ2v) is 8.23. The predicted octanol–water partition coefficient (Wildman–Crippen LogP) is 4.14. The summed E-state index contributed by atoms with van der Waals surface area (Å²) in [6, 6.07) is 13.1. The largest absolute Gasteiger partial charge is 0.486 e. The first-order chi connectivity index (χ1) is 15.9. The Kier molecular flexibility index (Phi) is 6.60. The summed E-state index contributed by atoms with van der Waals surface area (Å²) in [4.78, 5) is 24.6. The number of primary amides is 1. The van der Waals surface area contributed by atoms with E-state index in [9.17, 15) is 9.59 Å². The third kappa shape index (κ3) is 4.68. The second kappa shape index (κ2) is 9.58. The summed E-state index contributed by atoms with van der Waals surface area (Å²) >= 11 is 6.19. The number of methoxy groups -OCH3 is 1. The first kappa shape index (κ1) is 22.7. The van der Waals surface area contributed by atoms with Gasteiger partial charge in [-0.2, -0.15) is 0 Å². The minimum Gasteiger partial charge on any atom is -0.486 e. The number of carbonyl (C=O) groups is 2. The van der Waals surface area contributed by atoms with Gasteiger partial charge in [0.15, 0.2) is 11.5 Å². The number of hydrogen-bond donors (Lipinski definition) is 1. The second-order valence-electron chi connectivity index (χ2n) is 7.80. The fraction of sp³-hybridized carbons (Fsp3) is 0.280. The molecule has 7 nitrogen and oxygen atoms in total. The quantitative estimate of drug-likeness (QED) is 0.526. The Morgan fingerprint density at radius 3 is 2.58 bits per heavy atom. The number of rotatable bonds is 7. The summed E-state index contributed by atoms with van der Waals surface area (Å²) in [5, 5.41) is 0.621. The number of esters is 1. The molecule has 0 fully saturated rings. The standard InChI is InChI=1S/C25H25ClN2O5/c1-15-23(25(27)30)24(17-6-8-20-21(13-17)33-11-10-32-20)19(7-9-22(29)31-2)28(15)14-16-4-3-5-18(26)12-16/h3-6,8,12-13H,7,9-11,14H2,1-2H3,(H2,27,30). The molecule has 0 aliphatic carbocycles. The number of nitrogens with zero attached hydrogens (tertiary/aromatic N) is 1. The van der Waals surface area contributed by atoms with Crippen molar-refractivity contribution in [3.05, 3.63) is 70.0 Å². The molecule has 1 amide bonds. The summed E-state index contributed by atoms with van der Waals surface area (Å²) in [6.45, 7) is 3.25. The minimum absolute atomic E-state index is 0.158. The van der Waals surface area contributed by atoms with Crippen molar-refractivity contribution in [1.82, 2.24) is 4.57 Å². The molecule has 2 heterocycles. The maximum atomic E-state index is 12.6.